The third-order valence-corrected chi connectivity index (χ3v) is 3.44. The summed E-state index contributed by atoms with van der Waals surface area (Å²) in [6, 6.07) is 1.83. The number of fused-ring (bicyclic) bond motifs is 3. The number of nitrogens with one attached hydrogen (secondary N) is 1. The van der Waals surface area contributed by atoms with Gasteiger partial charge in [0.05, 0.1) is 16.8 Å². The molecular weight excluding hydrogens is 324 g/mol. The van der Waals surface area contributed by atoms with E-state index in [1.807, 2.05) is 0 Å². The lowest BCUT2D eigenvalue weighted by molar-refractivity contribution is 0.0645. The second-order valence-electron chi connectivity index (χ2n) is 4.83. The zero-order chi connectivity index (χ0) is 17.8. The Morgan fingerprint density at radius 2 is 1.54 bits per heavy atom. The Morgan fingerprint density at radius 3 is 2.08 bits per heavy atom. The van der Waals surface area contributed by atoms with Crippen LogP contribution in [0, 0.1) is 0 Å². The molecule has 0 spiro atoms. The third-order valence-electron chi connectivity index (χ3n) is 3.44. The molecule has 4 N–H and O–H groups in total. The zero-order valence-electron chi connectivity index (χ0n) is 11.5. The molecule has 120 valence electrons. The molecule has 24 heavy (non-hydrogen) atoms. The van der Waals surface area contributed by atoms with Crippen LogP contribution in [0.3, 0.4) is 0 Å². The highest BCUT2D eigenvalue weighted by Gasteiger charge is 2.36. The summed E-state index contributed by atoms with van der Waals surface area (Å²) in [6.07, 6.45) is 0. The highest BCUT2D eigenvalue weighted by atomic mass is 16.4. The number of rotatable bonds is 3. The number of aromatic amines is 1. The molecule has 2 aromatic rings. The maximum absolute atomic E-state index is 12.1. The number of aromatic carboxylic acids is 3. The second-order valence-corrected chi connectivity index (χ2v) is 4.83. The molecule has 2 aromatic heterocycles. The number of Topliss-reactive ketones (excluding diaryl/α,β-unsaturated/α-hetero) is 2. The lowest BCUT2D eigenvalue weighted by Crippen LogP contribution is -2.24. The molecular formula is C14H6N2O8. The van der Waals surface area contributed by atoms with Crippen molar-refractivity contribution >= 4 is 29.5 Å². The standard InChI is InChI=1S/C14H6N2O8/c17-10-4-2-6(13(21)22)15-7(4)3-1-5(12(19)20)9(14(23)24)16-8(3)11(10)18/h1-2,15H,(H,19,20)(H,21,22)(H,23,24). The predicted molar refractivity (Wildman–Crippen MR) is 73.6 cm³/mol. The summed E-state index contributed by atoms with van der Waals surface area (Å²) in [5.41, 5.74) is -3.01. The fraction of sp³-hybridized carbons (Fsp3) is 0. The Kier molecular flexibility index (Phi) is 3.04. The SMILES string of the molecule is O=C(O)c1cc2c([nH]1)-c1cc(C(=O)O)c(C(=O)O)nc1C(=O)C2=O. The van der Waals surface area contributed by atoms with Gasteiger partial charge in [-0.2, -0.15) is 0 Å². The molecule has 0 saturated carbocycles. The molecule has 0 atom stereocenters. The van der Waals surface area contributed by atoms with Gasteiger partial charge in [0.2, 0.25) is 5.78 Å². The van der Waals surface area contributed by atoms with E-state index in [1.54, 1.807) is 0 Å². The van der Waals surface area contributed by atoms with E-state index in [9.17, 15) is 24.0 Å². The molecule has 0 bridgehead atoms. The fourth-order valence-corrected chi connectivity index (χ4v) is 2.39. The van der Waals surface area contributed by atoms with Crippen LogP contribution >= 0.6 is 0 Å². The first-order chi connectivity index (χ1) is 11.2. The van der Waals surface area contributed by atoms with Crippen molar-refractivity contribution in [3.8, 4) is 11.3 Å². The van der Waals surface area contributed by atoms with Crippen molar-refractivity contribution in [1.29, 1.82) is 0 Å². The van der Waals surface area contributed by atoms with Crippen molar-refractivity contribution in [2.24, 2.45) is 0 Å². The minimum Gasteiger partial charge on any atom is -0.478 e. The van der Waals surface area contributed by atoms with E-state index in [4.69, 9.17) is 15.3 Å². The van der Waals surface area contributed by atoms with Crippen LogP contribution in [-0.4, -0.2) is 54.8 Å². The van der Waals surface area contributed by atoms with Gasteiger partial charge in [-0.3, -0.25) is 9.59 Å². The number of hydrogen-bond acceptors (Lipinski definition) is 6. The molecule has 10 nitrogen and oxygen atoms in total. The van der Waals surface area contributed by atoms with E-state index in [2.05, 4.69) is 9.97 Å². The van der Waals surface area contributed by atoms with E-state index in [0.29, 0.717) is 0 Å². The predicted octanol–water partition coefficient (Wildman–Crippen LogP) is 0.550. The normalized spacial score (nSPS) is 12.5. The number of H-pyrrole nitrogens is 1. The summed E-state index contributed by atoms with van der Waals surface area (Å²) < 4.78 is 0. The molecule has 1 aliphatic carbocycles. The summed E-state index contributed by atoms with van der Waals surface area (Å²) >= 11 is 0. The number of carboxylic acid groups (broad SMARTS) is 3. The highest BCUT2D eigenvalue weighted by molar-refractivity contribution is 6.52. The molecule has 3 rings (SSSR count). The number of ketones is 2. The van der Waals surface area contributed by atoms with Crippen molar-refractivity contribution in [2.75, 3.05) is 0 Å². The van der Waals surface area contributed by atoms with Crippen LogP contribution in [0.2, 0.25) is 0 Å². The molecule has 0 fully saturated rings. The Hall–Kier alpha value is -3.82. The summed E-state index contributed by atoms with van der Waals surface area (Å²) in [4.78, 5) is 63.4. The van der Waals surface area contributed by atoms with Crippen LogP contribution in [0.25, 0.3) is 11.3 Å². The first kappa shape index (κ1) is 15.1. The molecule has 0 amide bonds. The highest BCUT2D eigenvalue weighted by Crippen LogP contribution is 2.34. The zero-order valence-corrected chi connectivity index (χ0v) is 11.5. The molecule has 1 aliphatic rings. The van der Waals surface area contributed by atoms with E-state index >= 15 is 0 Å². The van der Waals surface area contributed by atoms with Gasteiger partial charge in [-0.15, -0.1) is 0 Å². The van der Waals surface area contributed by atoms with Gasteiger partial charge in [-0.25, -0.2) is 19.4 Å². The Morgan fingerprint density at radius 1 is 0.875 bits per heavy atom. The number of carbonyl (C=O) groups is 5. The lowest BCUT2D eigenvalue weighted by atomic mass is 9.90. The fourth-order valence-electron chi connectivity index (χ4n) is 2.39. The van der Waals surface area contributed by atoms with Crippen LogP contribution in [0.5, 0.6) is 0 Å². The Balaban J connectivity index is 2.38. The molecule has 0 radical (unpaired) electrons. The number of nitrogens with zero attached hydrogens (tertiary/aromatic N) is 1. The van der Waals surface area contributed by atoms with Crippen molar-refractivity contribution in [1.82, 2.24) is 9.97 Å². The minimum atomic E-state index is -1.68. The number of pyridine rings is 1. The molecule has 10 heteroatoms. The van der Waals surface area contributed by atoms with Crippen LogP contribution in [0.15, 0.2) is 12.1 Å². The summed E-state index contributed by atoms with van der Waals surface area (Å²) in [5, 5.41) is 27.1. The topological polar surface area (TPSA) is 175 Å². The van der Waals surface area contributed by atoms with Gasteiger partial charge in [-0.05, 0) is 12.1 Å². The third kappa shape index (κ3) is 1.97. The van der Waals surface area contributed by atoms with E-state index in [-0.39, 0.29) is 22.5 Å². The van der Waals surface area contributed by atoms with Gasteiger partial charge in [0.15, 0.2) is 5.69 Å². The molecule has 2 heterocycles. The number of aromatic nitrogens is 2. The second kappa shape index (κ2) is 4.84. The monoisotopic (exact) mass is 330 g/mol. The minimum absolute atomic E-state index is 0.0982. The van der Waals surface area contributed by atoms with Crippen molar-refractivity contribution in [3.63, 3.8) is 0 Å². The summed E-state index contributed by atoms with van der Waals surface area (Å²) in [6.45, 7) is 0. The average Bonchev–Trinajstić information content (AvgIpc) is 2.97. The van der Waals surface area contributed by atoms with Gasteiger partial charge in [0, 0.05) is 5.56 Å². The maximum atomic E-state index is 12.1. The van der Waals surface area contributed by atoms with E-state index in [0.717, 1.165) is 12.1 Å². The van der Waals surface area contributed by atoms with Crippen molar-refractivity contribution in [3.05, 3.63) is 40.3 Å². The average molecular weight is 330 g/mol. The van der Waals surface area contributed by atoms with Gasteiger partial charge in [-0.1, -0.05) is 0 Å². The van der Waals surface area contributed by atoms with Gasteiger partial charge in [0.1, 0.15) is 11.4 Å². The number of carboxylic acids is 3. The van der Waals surface area contributed by atoms with Crippen molar-refractivity contribution in [2.45, 2.75) is 0 Å². The van der Waals surface area contributed by atoms with Crippen LogP contribution in [0.4, 0.5) is 0 Å². The van der Waals surface area contributed by atoms with Crippen LogP contribution < -0.4 is 0 Å². The van der Waals surface area contributed by atoms with Gasteiger partial charge in [0.25, 0.3) is 5.78 Å². The molecule has 0 saturated heterocycles. The smallest absolute Gasteiger partial charge is 0.355 e. The van der Waals surface area contributed by atoms with E-state index < -0.39 is 46.4 Å². The Labute approximate surface area is 131 Å². The maximum Gasteiger partial charge on any atom is 0.355 e. The van der Waals surface area contributed by atoms with E-state index in [1.165, 1.54) is 0 Å². The first-order valence-electron chi connectivity index (χ1n) is 6.29. The number of hydrogen-bond donors (Lipinski definition) is 4. The van der Waals surface area contributed by atoms with Gasteiger partial charge >= 0.3 is 17.9 Å². The summed E-state index contributed by atoms with van der Waals surface area (Å²) in [7, 11) is 0. The van der Waals surface area contributed by atoms with Crippen LogP contribution in [-0.2, 0) is 0 Å². The molecule has 0 aliphatic heterocycles. The van der Waals surface area contributed by atoms with Crippen molar-refractivity contribution < 1.29 is 39.3 Å². The first-order valence-corrected chi connectivity index (χ1v) is 6.29. The largest absolute Gasteiger partial charge is 0.478 e. The number of carbonyl (C=O) groups excluding carboxylic acids is 2. The molecule has 0 unspecified atom stereocenters. The van der Waals surface area contributed by atoms with Gasteiger partial charge < -0.3 is 20.3 Å². The summed E-state index contributed by atoms with van der Waals surface area (Å²) in [5.74, 6) is -6.88. The lowest BCUT2D eigenvalue weighted by Gasteiger charge is -2.15. The molecule has 0 aromatic carbocycles. The van der Waals surface area contributed by atoms with Crippen LogP contribution in [0.1, 0.15) is 52.2 Å². The Bertz CT molecular complexity index is 985. The quantitative estimate of drug-likeness (QED) is 0.585.